The predicted octanol–water partition coefficient (Wildman–Crippen LogP) is 2.64. The standard InChI is InChI=1S/C19H26N2O2/c1-15(22)17-9-6-10-18(11-17)20-12-19(23)14-21(2)13-16-7-4-3-5-8-16/h3-11,15,19-20,22-23H,12-14H2,1-2H3/t15-,19?/m1/s1. The summed E-state index contributed by atoms with van der Waals surface area (Å²) in [7, 11) is 2.00. The predicted molar refractivity (Wildman–Crippen MR) is 94.3 cm³/mol. The van der Waals surface area contributed by atoms with E-state index in [-0.39, 0.29) is 0 Å². The number of aliphatic hydroxyl groups is 2. The number of hydrogen-bond donors (Lipinski definition) is 3. The van der Waals surface area contributed by atoms with E-state index in [4.69, 9.17) is 0 Å². The van der Waals surface area contributed by atoms with Crippen LogP contribution in [0, 0.1) is 0 Å². The summed E-state index contributed by atoms with van der Waals surface area (Å²) in [5.41, 5.74) is 3.01. The fourth-order valence-corrected chi connectivity index (χ4v) is 2.53. The summed E-state index contributed by atoms with van der Waals surface area (Å²) in [6, 6.07) is 17.9. The third kappa shape index (κ3) is 6.02. The van der Waals surface area contributed by atoms with Crippen LogP contribution in [0.2, 0.25) is 0 Å². The van der Waals surface area contributed by atoms with Gasteiger partial charge in [0.2, 0.25) is 0 Å². The molecule has 0 radical (unpaired) electrons. The summed E-state index contributed by atoms with van der Waals surface area (Å²) in [6.45, 7) is 3.63. The molecule has 0 aromatic heterocycles. The van der Waals surface area contributed by atoms with Crippen molar-refractivity contribution in [1.82, 2.24) is 4.90 Å². The summed E-state index contributed by atoms with van der Waals surface area (Å²) in [5.74, 6) is 0. The van der Waals surface area contributed by atoms with Crippen LogP contribution in [0.15, 0.2) is 54.6 Å². The number of benzene rings is 2. The van der Waals surface area contributed by atoms with E-state index in [0.29, 0.717) is 13.1 Å². The molecule has 0 fully saturated rings. The highest BCUT2D eigenvalue weighted by molar-refractivity contribution is 5.46. The van der Waals surface area contributed by atoms with Crippen LogP contribution in [0.1, 0.15) is 24.2 Å². The van der Waals surface area contributed by atoms with E-state index in [1.807, 2.05) is 49.5 Å². The van der Waals surface area contributed by atoms with E-state index in [9.17, 15) is 10.2 Å². The third-order valence-electron chi connectivity index (χ3n) is 3.73. The molecule has 2 aromatic rings. The minimum atomic E-state index is -0.487. The second-order valence-corrected chi connectivity index (χ2v) is 6.02. The van der Waals surface area contributed by atoms with Gasteiger partial charge in [-0.1, -0.05) is 42.5 Å². The largest absolute Gasteiger partial charge is 0.390 e. The molecule has 0 saturated carbocycles. The van der Waals surface area contributed by atoms with Crippen LogP contribution in [0.4, 0.5) is 5.69 Å². The van der Waals surface area contributed by atoms with Crippen molar-refractivity contribution in [2.45, 2.75) is 25.7 Å². The second kappa shape index (κ2) is 8.67. The zero-order valence-corrected chi connectivity index (χ0v) is 13.8. The third-order valence-corrected chi connectivity index (χ3v) is 3.73. The molecule has 0 saturated heterocycles. The van der Waals surface area contributed by atoms with Crippen LogP contribution >= 0.6 is 0 Å². The van der Waals surface area contributed by atoms with Gasteiger partial charge in [-0.05, 0) is 37.2 Å². The highest BCUT2D eigenvalue weighted by Crippen LogP contribution is 2.17. The van der Waals surface area contributed by atoms with Crippen LogP contribution in [-0.2, 0) is 6.54 Å². The molecule has 23 heavy (non-hydrogen) atoms. The second-order valence-electron chi connectivity index (χ2n) is 6.02. The molecule has 2 atom stereocenters. The Bertz CT molecular complexity index is 587. The summed E-state index contributed by atoms with van der Waals surface area (Å²) < 4.78 is 0. The number of aliphatic hydroxyl groups excluding tert-OH is 2. The Kier molecular flexibility index (Phi) is 6.59. The van der Waals surface area contributed by atoms with Gasteiger partial charge in [0.15, 0.2) is 0 Å². The van der Waals surface area contributed by atoms with Crippen molar-refractivity contribution in [3.63, 3.8) is 0 Å². The lowest BCUT2D eigenvalue weighted by atomic mass is 10.1. The fraction of sp³-hybridized carbons (Fsp3) is 0.368. The van der Waals surface area contributed by atoms with E-state index in [0.717, 1.165) is 17.8 Å². The van der Waals surface area contributed by atoms with E-state index < -0.39 is 12.2 Å². The number of rotatable bonds is 8. The van der Waals surface area contributed by atoms with Crippen LogP contribution in [0.25, 0.3) is 0 Å². The first kappa shape index (κ1) is 17.5. The van der Waals surface area contributed by atoms with E-state index >= 15 is 0 Å². The lowest BCUT2D eigenvalue weighted by Crippen LogP contribution is -2.33. The molecular weight excluding hydrogens is 288 g/mol. The van der Waals surface area contributed by atoms with Crippen molar-refractivity contribution >= 4 is 5.69 Å². The van der Waals surface area contributed by atoms with Gasteiger partial charge in [0, 0.05) is 25.3 Å². The summed E-state index contributed by atoms with van der Waals surface area (Å²) >= 11 is 0. The SMILES string of the molecule is C[C@@H](O)c1cccc(NCC(O)CN(C)Cc2ccccc2)c1. The Labute approximate surface area is 138 Å². The smallest absolute Gasteiger partial charge is 0.0839 e. The molecule has 2 aromatic carbocycles. The average molecular weight is 314 g/mol. The van der Waals surface area contributed by atoms with Gasteiger partial charge >= 0.3 is 0 Å². The molecule has 0 aliphatic heterocycles. The molecule has 0 aliphatic rings. The van der Waals surface area contributed by atoms with Gasteiger partial charge in [-0.15, -0.1) is 0 Å². The van der Waals surface area contributed by atoms with Gasteiger partial charge in [-0.3, -0.25) is 4.90 Å². The van der Waals surface area contributed by atoms with Gasteiger partial charge in [-0.25, -0.2) is 0 Å². The first-order valence-electron chi connectivity index (χ1n) is 7.97. The van der Waals surface area contributed by atoms with Crippen molar-refractivity contribution in [3.05, 3.63) is 65.7 Å². The minimum Gasteiger partial charge on any atom is -0.390 e. The van der Waals surface area contributed by atoms with Crippen molar-refractivity contribution in [1.29, 1.82) is 0 Å². The van der Waals surface area contributed by atoms with Gasteiger partial charge in [0.25, 0.3) is 0 Å². The Hall–Kier alpha value is -1.88. The maximum atomic E-state index is 10.2. The Morgan fingerprint density at radius 1 is 1.04 bits per heavy atom. The highest BCUT2D eigenvalue weighted by atomic mass is 16.3. The van der Waals surface area contributed by atoms with Crippen LogP contribution in [0.5, 0.6) is 0 Å². The maximum Gasteiger partial charge on any atom is 0.0839 e. The number of hydrogen-bond acceptors (Lipinski definition) is 4. The molecule has 124 valence electrons. The molecule has 0 bridgehead atoms. The van der Waals surface area contributed by atoms with E-state index in [1.54, 1.807) is 6.92 Å². The first-order valence-corrected chi connectivity index (χ1v) is 7.97. The Morgan fingerprint density at radius 2 is 1.78 bits per heavy atom. The van der Waals surface area contributed by atoms with Crippen molar-refractivity contribution < 1.29 is 10.2 Å². The van der Waals surface area contributed by atoms with Crippen LogP contribution in [-0.4, -0.2) is 41.4 Å². The molecule has 2 rings (SSSR count). The van der Waals surface area contributed by atoms with Gasteiger partial charge in [0.05, 0.1) is 12.2 Å². The molecule has 0 heterocycles. The first-order chi connectivity index (χ1) is 11.0. The molecule has 0 amide bonds. The quantitative estimate of drug-likeness (QED) is 0.701. The number of nitrogens with one attached hydrogen (secondary N) is 1. The highest BCUT2D eigenvalue weighted by Gasteiger charge is 2.09. The molecule has 4 nitrogen and oxygen atoms in total. The van der Waals surface area contributed by atoms with E-state index in [1.165, 1.54) is 5.56 Å². The van der Waals surface area contributed by atoms with Crippen LogP contribution in [0.3, 0.4) is 0 Å². The van der Waals surface area contributed by atoms with Crippen LogP contribution < -0.4 is 5.32 Å². The van der Waals surface area contributed by atoms with Crippen molar-refractivity contribution in [3.8, 4) is 0 Å². The van der Waals surface area contributed by atoms with Gasteiger partial charge < -0.3 is 15.5 Å². The van der Waals surface area contributed by atoms with Gasteiger partial charge in [0.1, 0.15) is 0 Å². The molecule has 4 heteroatoms. The van der Waals surface area contributed by atoms with Crippen molar-refractivity contribution in [2.24, 2.45) is 0 Å². The Balaban J connectivity index is 1.78. The summed E-state index contributed by atoms with van der Waals surface area (Å²) in [5, 5.41) is 23.0. The Morgan fingerprint density at radius 3 is 2.48 bits per heavy atom. The average Bonchev–Trinajstić information content (AvgIpc) is 2.54. The lowest BCUT2D eigenvalue weighted by molar-refractivity contribution is 0.133. The normalized spacial score (nSPS) is 13.8. The summed E-state index contributed by atoms with van der Waals surface area (Å²) in [4.78, 5) is 2.11. The zero-order chi connectivity index (χ0) is 16.7. The molecule has 3 N–H and O–H groups in total. The fourth-order valence-electron chi connectivity index (χ4n) is 2.53. The van der Waals surface area contributed by atoms with Crippen molar-refractivity contribution in [2.75, 3.05) is 25.5 Å². The molecule has 0 aliphatic carbocycles. The zero-order valence-electron chi connectivity index (χ0n) is 13.8. The molecular formula is C19H26N2O2. The minimum absolute atomic E-state index is 0.459. The molecule has 1 unspecified atom stereocenters. The number of anilines is 1. The molecule has 0 spiro atoms. The number of likely N-dealkylation sites (N-methyl/N-ethyl adjacent to an activating group) is 1. The summed E-state index contributed by atoms with van der Waals surface area (Å²) in [6.07, 6.45) is -0.947. The number of nitrogens with zero attached hydrogens (tertiary/aromatic N) is 1. The lowest BCUT2D eigenvalue weighted by Gasteiger charge is -2.21. The monoisotopic (exact) mass is 314 g/mol. The maximum absolute atomic E-state index is 10.2. The van der Waals surface area contributed by atoms with E-state index in [2.05, 4.69) is 22.3 Å². The topological polar surface area (TPSA) is 55.7 Å². The van der Waals surface area contributed by atoms with Gasteiger partial charge in [-0.2, -0.15) is 0 Å².